The fraction of sp³-hybridized carbons (Fsp3) is 0.333. The van der Waals surface area contributed by atoms with E-state index >= 15 is 0 Å². The van der Waals surface area contributed by atoms with Crippen LogP contribution in [0.25, 0.3) is 5.69 Å². The summed E-state index contributed by atoms with van der Waals surface area (Å²) in [5.74, 6) is -1.09. The molecule has 1 aliphatic rings. The molecule has 0 atom stereocenters. The maximum Gasteiger partial charge on any atom is 0.309 e. The van der Waals surface area contributed by atoms with Crippen LogP contribution in [0, 0.1) is 25.6 Å². The minimum atomic E-state index is -0.494. The van der Waals surface area contributed by atoms with Gasteiger partial charge < -0.3 is 9.30 Å². The summed E-state index contributed by atoms with van der Waals surface area (Å²) in [6, 6.07) is 6.14. The van der Waals surface area contributed by atoms with E-state index in [0.717, 1.165) is 18.5 Å². The Morgan fingerprint density at radius 3 is 2.62 bits per heavy atom. The highest BCUT2D eigenvalue weighted by atomic mass is 35.5. The molecule has 1 aliphatic carbocycles. The zero-order chi connectivity index (χ0) is 17.4. The molecular weight excluding hydrogens is 333 g/mol. The van der Waals surface area contributed by atoms with Gasteiger partial charge in [0, 0.05) is 22.6 Å². The van der Waals surface area contributed by atoms with Crippen LogP contribution in [0.15, 0.2) is 24.3 Å². The zero-order valence-corrected chi connectivity index (χ0v) is 14.2. The summed E-state index contributed by atoms with van der Waals surface area (Å²) in [7, 11) is 0. The molecule has 0 aliphatic heterocycles. The number of nitrogens with zero attached hydrogens (tertiary/aromatic N) is 1. The van der Waals surface area contributed by atoms with Gasteiger partial charge in [-0.3, -0.25) is 9.59 Å². The summed E-state index contributed by atoms with van der Waals surface area (Å²) >= 11 is 5.85. The van der Waals surface area contributed by atoms with Gasteiger partial charge in [0.05, 0.1) is 10.9 Å². The van der Waals surface area contributed by atoms with Crippen molar-refractivity contribution in [3.8, 4) is 5.69 Å². The largest absolute Gasteiger partial charge is 0.457 e. The van der Waals surface area contributed by atoms with Crippen LogP contribution in [0.4, 0.5) is 4.39 Å². The molecule has 0 amide bonds. The Labute approximate surface area is 144 Å². The molecule has 1 saturated carbocycles. The summed E-state index contributed by atoms with van der Waals surface area (Å²) in [6.45, 7) is 3.38. The summed E-state index contributed by atoms with van der Waals surface area (Å²) in [5.41, 5.74) is 2.66. The lowest BCUT2D eigenvalue weighted by Gasteiger charge is -2.10. The minimum Gasteiger partial charge on any atom is -0.457 e. The van der Waals surface area contributed by atoms with Gasteiger partial charge in [0.25, 0.3) is 0 Å². The van der Waals surface area contributed by atoms with Crippen molar-refractivity contribution in [2.45, 2.75) is 26.7 Å². The number of ether oxygens (including phenoxy) is 1. The Hall–Kier alpha value is -2.14. The predicted molar refractivity (Wildman–Crippen MR) is 88.2 cm³/mol. The van der Waals surface area contributed by atoms with E-state index in [1.54, 1.807) is 19.1 Å². The molecule has 0 bridgehead atoms. The van der Waals surface area contributed by atoms with E-state index in [1.165, 1.54) is 12.1 Å². The Kier molecular flexibility index (Phi) is 4.45. The number of Topliss-reactive ketones (excluding diaryl/α,β-unsaturated/α-hetero) is 1. The highest BCUT2D eigenvalue weighted by molar-refractivity contribution is 6.30. The van der Waals surface area contributed by atoms with E-state index in [4.69, 9.17) is 16.3 Å². The summed E-state index contributed by atoms with van der Waals surface area (Å²) in [6.07, 6.45) is 1.68. The van der Waals surface area contributed by atoms with Crippen LogP contribution in [-0.4, -0.2) is 22.9 Å². The fourth-order valence-corrected chi connectivity index (χ4v) is 2.89. The maximum atomic E-state index is 13.4. The van der Waals surface area contributed by atoms with Crippen molar-refractivity contribution in [3.63, 3.8) is 0 Å². The third-order valence-corrected chi connectivity index (χ3v) is 4.44. The number of rotatable bonds is 5. The Balaban J connectivity index is 1.84. The molecule has 2 aromatic rings. The van der Waals surface area contributed by atoms with Crippen molar-refractivity contribution in [2.75, 3.05) is 6.61 Å². The molecule has 126 valence electrons. The van der Waals surface area contributed by atoms with Crippen LogP contribution in [0.2, 0.25) is 5.02 Å². The van der Waals surface area contributed by atoms with Crippen molar-refractivity contribution in [1.29, 1.82) is 0 Å². The molecule has 1 heterocycles. The number of aromatic nitrogens is 1. The normalized spacial score (nSPS) is 13.8. The zero-order valence-electron chi connectivity index (χ0n) is 13.4. The summed E-state index contributed by atoms with van der Waals surface area (Å²) < 4.78 is 20.2. The molecule has 4 nitrogen and oxygen atoms in total. The second kappa shape index (κ2) is 6.40. The van der Waals surface area contributed by atoms with E-state index in [0.29, 0.717) is 16.9 Å². The summed E-state index contributed by atoms with van der Waals surface area (Å²) in [5, 5.41) is 0.0197. The monoisotopic (exact) mass is 349 g/mol. The van der Waals surface area contributed by atoms with Gasteiger partial charge in [0.2, 0.25) is 5.78 Å². The molecule has 1 fully saturated rings. The first kappa shape index (κ1) is 16.7. The molecule has 3 rings (SSSR count). The van der Waals surface area contributed by atoms with Gasteiger partial charge in [0.15, 0.2) is 6.61 Å². The first-order valence-electron chi connectivity index (χ1n) is 7.72. The van der Waals surface area contributed by atoms with E-state index in [2.05, 4.69) is 0 Å². The lowest BCUT2D eigenvalue weighted by atomic mass is 10.1. The van der Waals surface area contributed by atoms with Crippen molar-refractivity contribution < 1.29 is 18.7 Å². The Bertz CT molecular complexity index is 824. The first-order chi connectivity index (χ1) is 11.4. The van der Waals surface area contributed by atoms with Crippen molar-refractivity contribution in [1.82, 2.24) is 4.57 Å². The number of ketones is 1. The maximum absolute atomic E-state index is 13.4. The third-order valence-electron chi connectivity index (χ3n) is 4.15. The number of hydrogen-bond acceptors (Lipinski definition) is 3. The molecule has 0 radical (unpaired) electrons. The van der Waals surface area contributed by atoms with Crippen LogP contribution in [0.5, 0.6) is 0 Å². The number of benzene rings is 1. The SMILES string of the molecule is Cc1cc(C(=O)COC(=O)C2CC2)c(C)n1-c1ccc(F)c(Cl)c1. The quantitative estimate of drug-likeness (QED) is 0.605. The Morgan fingerprint density at radius 1 is 1.29 bits per heavy atom. The van der Waals surface area contributed by atoms with Crippen LogP contribution in [-0.2, 0) is 9.53 Å². The molecule has 0 saturated heterocycles. The van der Waals surface area contributed by atoms with E-state index < -0.39 is 5.82 Å². The van der Waals surface area contributed by atoms with Crippen molar-refractivity contribution >= 4 is 23.4 Å². The smallest absolute Gasteiger partial charge is 0.309 e. The van der Waals surface area contributed by atoms with Gasteiger partial charge in [0.1, 0.15) is 5.82 Å². The number of esters is 1. The average molecular weight is 350 g/mol. The minimum absolute atomic E-state index is 0.0197. The van der Waals surface area contributed by atoms with Gasteiger partial charge >= 0.3 is 5.97 Å². The average Bonchev–Trinajstić information content (AvgIpc) is 3.34. The van der Waals surface area contributed by atoms with Gasteiger partial charge in [-0.1, -0.05) is 11.6 Å². The molecular formula is C18H17ClFNO3. The summed E-state index contributed by atoms with van der Waals surface area (Å²) in [4.78, 5) is 23.9. The molecule has 24 heavy (non-hydrogen) atoms. The van der Waals surface area contributed by atoms with E-state index in [-0.39, 0.29) is 29.3 Å². The number of carbonyl (C=O) groups is 2. The number of hydrogen-bond donors (Lipinski definition) is 0. The van der Waals surface area contributed by atoms with Crippen molar-refractivity contribution in [3.05, 3.63) is 52.1 Å². The van der Waals surface area contributed by atoms with Gasteiger partial charge in [-0.25, -0.2) is 4.39 Å². The number of carbonyl (C=O) groups excluding carboxylic acids is 2. The molecule has 1 aromatic heterocycles. The van der Waals surface area contributed by atoms with Gasteiger partial charge in [-0.05, 0) is 51.0 Å². The lowest BCUT2D eigenvalue weighted by Crippen LogP contribution is -2.15. The predicted octanol–water partition coefficient (Wildman–Crippen LogP) is 4.02. The third kappa shape index (κ3) is 3.22. The molecule has 0 unspecified atom stereocenters. The molecule has 6 heteroatoms. The Morgan fingerprint density at radius 2 is 2.00 bits per heavy atom. The van der Waals surface area contributed by atoms with Crippen molar-refractivity contribution in [2.24, 2.45) is 5.92 Å². The topological polar surface area (TPSA) is 48.3 Å². The number of aryl methyl sites for hydroxylation is 1. The van der Waals surface area contributed by atoms with Gasteiger partial charge in [-0.2, -0.15) is 0 Å². The van der Waals surface area contributed by atoms with E-state index in [1.807, 2.05) is 11.5 Å². The first-order valence-corrected chi connectivity index (χ1v) is 8.10. The molecule has 0 N–H and O–H groups in total. The molecule has 0 spiro atoms. The van der Waals surface area contributed by atoms with Crippen LogP contribution < -0.4 is 0 Å². The highest BCUT2D eigenvalue weighted by Gasteiger charge is 2.31. The van der Waals surface area contributed by atoms with Gasteiger partial charge in [-0.15, -0.1) is 0 Å². The molecule has 1 aromatic carbocycles. The fourth-order valence-electron chi connectivity index (χ4n) is 2.72. The van der Waals surface area contributed by atoms with Crippen LogP contribution >= 0.6 is 11.6 Å². The standard InChI is InChI=1S/C18H17ClFNO3/c1-10-7-14(17(22)9-24-18(23)12-3-4-12)11(2)21(10)13-5-6-16(20)15(19)8-13/h5-8,12H,3-4,9H2,1-2H3. The highest BCUT2D eigenvalue weighted by Crippen LogP contribution is 2.30. The van der Waals surface area contributed by atoms with Crippen LogP contribution in [0.3, 0.4) is 0 Å². The van der Waals surface area contributed by atoms with E-state index in [9.17, 15) is 14.0 Å². The second-order valence-electron chi connectivity index (χ2n) is 6.02. The number of halogens is 2. The lowest BCUT2D eigenvalue weighted by molar-refractivity contribution is -0.144. The van der Waals surface area contributed by atoms with Crippen LogP contribution in [0.1, 0.15) is 34.6 Å². The second-order valence-corrected chi connectivity index (χ2v) is 6.43.